The van der Waals surface area contributed by atoms with Gasteiger partial charge in [0.1, 0.15) is 0 Å². The molecule has 0 amide bonds. The van der Waals surface area contributed by atoms with E-state index in [1.165, 1.54) is 15.2 Å². The lowest BCUT2D eigenvalue weighted by Gasteiger charge is -2.32. The molecule has 3 N–H and O–H groups in total. The number of aliphatic hydroxyl groups is 1. The quantitative estimate of drug-likeness (QED) is 0.215. The highest BCUT2D eigenvalue weighted by molar-refractivity contribution is 7.88. The number of piperazine rings is 1. The summed E-state index contributed by atoms with van der Waals surface area (Å²) in [6.45, 7) is 5.74. The predicted octanol–water partition coefficient (Wildman–Crippen LogP) is 1.05. The van der Waals surface area contributed by atoms with Gasteiger partial charge in [0.2, 0.25) is 16.4 Å². The maximum Gasteiger partial charge on any atom is 0.225 e. The fourth-order valence-corrected chi connectivity index (χ4v) is 7.09. The SMILES string of the molecule is CS(=O)(=O)N1CCN(Cc2cc3nc(-c4cccc5c4cnn5C(O)NO)nc(N4CCOCC4)c3s2)CC1. The highest BCUT2D eigenvalue weighted by Gasteiger charge is 2.25. The summed E-state index contributed by atoms with van der Waals surface area (Å²) in [7, 11) is -3.17. The molecule has 3 aromatic heterocycles. The van der Waals surface area contributed by atoms with Gasteiger partial charge in [0.25, 0.3) is 0 Å². The zero-order valence-electron chi connectivity index (χ0n) is 21.4. The van der Waals surface area contributed by atoms with Gasteiger partial charge in [-0.3, -0.25) is 4.90 Å². The third kappa shape index (κ3) is 5.24. The molecule has 2 fully saturated rings. The van der Waals surface area contributed by atoms with Gasteiger partial charge < -0.3 is 20.0 Å². The smallest absolute Gasteiger partial charge is 0.225 e. The first-order chi connectivity index (χ1) is 18.8. The third-order valence-corrected chi connectivity index (χ3v) is 9.53. The number of sulfonamides is 1. The standard InChI is InChI=1S/C24H30N8O5S2/c1-39(35,36)31-7-5-29(6-8-31)15-16-13-19-21(38-16)23(30-9-11-37-12-10-30)27-22(26-19)17-3-2-4-20-18(17)14-25-32(20)24(33)28-34/h2-4,13-14,24,28,33-34H,5-12,15H2,1H3. The first kappa shape index (κ1) is 26.5. The Hall–Kier alpha value is -2.76. The molecule has 15 heteroatoms. The van der Waals surface area contributed by atoms with Crippen LogP contribution in [0.15, 0.2) is 30.5 Å². The molecule has 6 rings (SSSR count). The molecule has 1 aromatic carbocycles. The summed E-state index contributed by atoms with van der Waals surface area (Å²) in [6, 6.07) is 7.67. The van der Waals surface area contributed by atoms with Gasteiger partial charge in [0.05, 0.1) is 41.4 Å². The molecule has 0 saturated carbocycles. The Morgan fingerprint density at radius 3 is 2.62 bits per heavy atom. The Morgan fingerprint density at radius 2 is 1.90 bits per heavy atom. The number of rotatable bonds is 7. The minimum Gasteiger partial charge on any atom is -0.378 e. The topological polar surface area (TPSA) is 149 Å². The Morgan fingerprint density at radius 1 is 1.13 bits per heavy atom. The molecule has 1 atom stereocenters. The Balaban J connectivity index is 1.37. The first-order valence-corrected chi connectivity index (χ1v) is 15.3. The van der Waals surface area contributed by atoms with Gasteiger partial charge in [-0.2, -0.15) is 14.9 Å². The number of thiophene rings is 1. The molecule has 2 aliphatic heterocycles. The van der Waals surface area contributed by atoms with Crippen molar-refractivity contribution in [2.45, 2.75) is 12.9 Å². The summed E-state index contributed by atoms with van der Waals surface area (Å²) in [4.78, 5) is 15.6. The van der Waals surface area contributed by atoms with E-state index in [0.717, 1.165) is 45.0 Å². The summed E-state index contributed by atoms with van der Waals surface area (Å²) in [5.74, 6) is 1.41. The van der Waals surface area contributed by atoms with Crippen molar-refractivity contribution in [2.75, 3.05) is 63.6 Å². The molecule has 2 aliphatic rings. The van der Waals surface area contributed by atoms with Crippen molar-refractivity contribution in [1.29, 1.82) is 0 Å². The van der Waals surface area contributed by atoms with Crippen LogP contribution in [0.25, 0.3) is 32.5 Å². The second-order valence-corrected chi connectivity index (χ2v) is 12.8. The lowest BCUT2D eigenvalue weighted by Crippen LogP contribution is -2.47. The molecule has 0 spiro atoms. The van der Waals surface area contributed by atoms with Crippen molar-refractivity contribution < 1.29 is 23.5 Å². The number of fused-ring (bicyclic) bond motifs is 2. The molecule has 39 heavy (non-hydrogen) atoms. The maximum atomic E-state index is 11.9. The van der Waals surface area contributed by atoms with Crippen LogP contribution in [0.5, 0.6) is 0 Å². The van der Waals surface area contributed by atoms with Crippen molar-refractivity contribution in [3.63, 3.8) is 0 Å². The minimum absolute atomic E-state index is 0.491. The van der Waals surface area contributed by atoms with E-state index >= 15 is 0 Å². The summed E-state index contributed by atoms with van der Waals surface area (Å²) >= 11 is 1.67. The summed E-state index contributed by atoms with van der Waals surface area (Å²) in [5.41, 5.74) is 4.05. The lowest BCUT2D eigenvalue weighted by molar-refractivity contribution is -0.0505. The maximum absolute atomic E-state index is 11.9. The van der Waals surface area contributed by atoms with Crippen LogP contribution >= 0.6 is 11.3 Å². The first-order valence-electron chi connectivity index (χ1n) is 12.7. The number of morpholine rings is 1. The highest BCUT2D eigenvalue weighted by Crippen LogP contribution is 2.36. The molecule has 0 aliphatic carbocycles. The van der Waals surface area contributed by atoms with Gasteiger partial charge in [0.15, 0.2) is 11.6 Å². The van der Waals surface area contributed by atoms with Crippen LogP contribution in [0, 0.1) is 0 Å². The summed E-state index contributed by atoms with van der Waals surface area (Å²) < 4.78 is 33.2. The normalized spacial score (nSPS) is 18.8. The number of aliphatic hydroxyl groups excluding tert-OH is 1. The second kappa shape index (κ2) is 10.7. The molecule has 4 aromatic rings. The number of hydrogen-bond donors (Lipinski definition) is 3. The number of aromatic nitrogens is 4. The monoisotopic (exact) mass is 574 g/mol. The van der Waals surface area contributed by atoms with Crippen LogP contribution in [-0.4, -0.2) is 106 Å². The molecular weight excluding hydrogens is 544 g/mol. The number of ether oxygens (including phenoxy) is 1. The molecule has 1 unspecified atom stereocenters. The van der Waals surface area contributed by atoms with E-state index in [9.17, 15) is 18.7 Å². The summed E-state index contributed by atoms with van der Waals surface area (Å²) in [6.07, 6.45) is 1.50. The molecule has 0 radical (unpaired) electrons. The average Bonchev–Trinajstić information content (AvgIpc) is 3.56. The van der Waals surface area contributed by atoms with E-state index < -0.39 is 16.4 Å². The van der Waals surface area contributed by atoms with Crippen molar-refractivity contribution in [1.82, 2.24) is 34.4 Å². The van der Waals surface area contributed by atoms with Crippen LogP contribution < -0.4 is 10.4 Å². The van der Waals surface area contributed by atoms with Gasteiger partial charge in [-0.05, 0) is 12.1 Å². The van der Waals surface area contributed by atoms with Crippen LogP contribution in [0.4, 0.5) is 5.82 Å². The van der Waals surface area contributed by atoms with Crippen LogP contribution in [0.2, 0.25) is 0 Å². The van der Waals surface area contributed by atoms with Gasteiger partial charge >= 0.3 is 0 Å². The zero-order chi connectivity index (χ0) is 27.1. The summed E-state index contributed by atoms with van der Waals surface area (Å²) in [5, 5.41) is 24.2. The van der Waals surface area contributed by atoms with Crippen LogP contribution in [-0.2, 0) is 21.3 Å². The van der Waals surface area contributed by atoms with Crippen molar-refractivity contribution in [2.24, 2.45) is 0 Å². The van der Waals surface area contributed by atoms with Gasteiger partial charge in [-0.15, -0.1) is 11.3 Å². The van der Waals surface area contributed by atoms with E-state index in [-0.39, 0.29) is 0 Å². The molecule has 5 heterocycles. The Bertz CT molecular complexity index is 1590. The van der Waals surface area contributed by atoms with Gasteiger partial charge in [-0.1, -0.05) is 12.1 Å². The molecule has 0 bridgehead atoms. The van der Waals surface area contributed by atoms with E-state index in [4.69, 9.17) is 14.7 Å². The van der Waals surface area contributed by atoms with Crippen molar-refractivity contribution >= 4 is 48.3 Å². The Kier molecular flexibility index (Phi) is 7.24. The van der Waals surface area contributed by atoms with Crippen LogP contribution in [0.3, 0.4) is 0 Å². The average molecular weight is 575 g/mol. The van der Waals surface area contributed by atoms with Crippen LogP contribution in [0.1, 0.15) is 11.2 Å². The molecule has 208 valence electrons. The van der Waals surface area contributed by atoms with Crippen molar-refractivity contribution in [3.8, 4) is 11.4 Å². The second-order valence-electron chi connectivity index (χ2n) is 9.67. The zero-order valence-corrected chi connectivity index (χ0v) is 23.0. The number of anilines is 1. The number of nitrogens with zero attached hydrogens (tertiary/aromatic N) is 7. The number of hydroxylamine groups is 1. The molecule has 2 saturated heterocycles. The minimum atomic E-state index is -3.17. The highest BCUT2D eigenvalue weighted by atomic mass is 32.2. The van der Waals surface area contributed by atoms with E-state index in [2.05, 4.69) is 21.0 Å². The fourth-order valence-electron chi connectivity index (χ4n) is 5.11. The number of hydrogen-bond acceptors (Lipinski definition) is 12. The van der Waals surface area contributed by atoms with E-state index in [0.29, 0.717) is 57.3 Å². The van der Waals surface area contributed by atoms with Crippen molar-refractivity contribution in [3.05, 3.63) is 35.3 Å². The molecular formula is C24H30N8O5S2. The lowest BCUT2D eigenvalue weighted by atomic mass is 10.1. The fraction of sp³-hybridized carbons (Fsp3) is 0.458. The van der Waals surface area contributed by atoms with E-state index in [1.54, 1.807) is 23.6 Å². The molecule has 13 nitrogen and oxygen atoms in total. The van der Waals surface area contributed by atoms with Gasteiger partial charge in [-0.25, -0.2) is 23.1 Å². The van der Waals surface area contributed by atoms with Gasteiger partial charge in [0, 0.05) is 61.6 Å². The number of nitrogens with one attached hydrogen (secondary N) is 1. The van der Waals surface area contributed by atoms with E-state index in [1.807, 2.05) is 17.6 Å². The largest absolute Gasteiger partial charge is 0.378 e. The number of benzene rings is 1. The Labute approximate surface area is 229 Å². The third-order valence-electron chi connectivity index (χ3n) is 7.12. The predicted molar refractivity (Wildman–Crippen MR) is 147 cm³/mol.